The lowest BCUT2D eigenvalue weighted by atomic mass is 9.94. The van der Waals surface area contributed by atoms with E-state index in [9.17, 15) is 0 Å². The fourth-order valence-corrected chi connectivity index (χ4v) is 0.657. The number of hydrogen-bond acceptors (Lipinski definition) is 2. The average Bonchev–Trinajstić information content (AvgIpc) is 2.11. The summed E-state index contributed by atoms with van der Waals surface area (Å²) in [5, 5.41) is 0. The molecule has 0 fully saturated rings. The van der Waals surface area contributed by atoms with Gasteiger partial charge in [-0.2, -0.15) is 0 Å². The van der Waals surface area contributed by atoms with Crippen LogP contribution in [0.3, 0.4) is 0 Å². The number of hydrogen-bond donors (Lipinski definition) is 0. The highest BCUT2D eigenvalue weighted by Gasteiger charge is 2.17. The van der Waals surface area contributed by atoms with Gasteiger partial charge < -0.3 is 4.42 Å². The molecule has 1 aromatic heterocycles. The van der Waals surface area contributed by atoms with Gasteiger partial charge >= 0.3 is 0 Å². The normalized spacial score (nSPS) is 12.0. The van der Waals surface area contributed by atoms with Crippen LogP contribution in [-0.2, 0) is 5.41 Å². The first-order chi connectivity index (χ1) is 4.50. The fourth-order valence-electron chi connectivity index (χ4n) is 0.657. The molecular formula is C8H12NO. The summed E-state index contributed by atoms with van der Waals surface area (Å²) in [5.41, 5.74) is 0.0446. The average molecular weight is 138 g/mol. The molecule has 0 spiro atoms. The highest BCUT2D eigenvalue weighted by molar-refractivity contribution is 5.06. The number of aromatic nitrogens is 1. The Morgan fingerprint density at radius 3 is 2.30 bits per heavy atom. The molecule has 0 aliphatic carbocycles. The van der Waals surface area contributed by atoms with Gasteiger partial charge in [0.1, 0.15) is 5.76 Å². The molecule has 1 rings (SSSR count). The predicted octanol–water partition coefficient (Wildman–Crippen LogP) is 2.15. The van der Waals surface area contributed by atoms with Crippen molar-refractivity contribution in [2.75, 3.05) is 0 Å². The van der Waals surface area contributed by atoms with E-state index in [0.717, 1.165) is 5.76 Å². The minimum Gasteiger partial charge on any atom is -0.445 e. The smallest absolute Gasteiger partial charge is 0.194 e. The van der Waals surface area contributed by atoms with E-state index < -0.39 is 0 Å². The molecule has 1 aromatic rings. The summed E-state index contributed by atoms with van der Waals surface area (Å²) in [6.45, 7) is 9.81. The third kappa shape index (κ3) is 1.38. The van der Waals surface area contributed by atoms with Crippen molar-refractivity contribution in [3.05, 3.63) is 24.8 Å². The molecule has 0 amide bonds. The van der Waals surface area contributed by atoms with Crippen molar-refractivity contribution < 1.29 is 4.42 Å². The van der Waals surface area contributed by atoms with E-state index in [1.165, 1.54) is 0 Å². The highest BCUT2D eigenvalue weighted by atomic mass is 16.4. The molecule has 2 heteroatoms. The Labute approximate surface area is 61.3 Å². The van der Waals surface area contributed by atoms with Crippen LogP contribution in [0.5, 0.6) is 0 Å². The fraction of sp³-hybridized carbons (Fsp3) is 0.500. The largest absolute Gasteiger partial charge is 0.445 e. The Morgan fingerprint density at radius 1 is 1.50 bits per heavy atom. The van der Waals surface area contributed by atoms with Crippen molar-refractivity contribution in [2.45, 2.75) is 26.2 Å². The minimum absolute atomic E-state index is 0.0446. The molecule has 0 saturated heterocycles. The lowest BCUT2D eigenvalue weighted by Gasteiger charge is -2.12. The lowest BCUT2D eigenvalue weighted by Crippen LogP contribution is -2.09. The maximum atomic E-state index is 5.23. The standard InChI is InChI=1S/C8H12NO/c1-6-9-5-7(10-6)8(2,3)4/h5H,1H2,2-4H3. The van der Waals surface area contributed by atoms with Gasteiger partial charge in [-0.15, -0.1) is 0 Å². The maximum absolute atomic E-state index is 5.23. The first-order valence-electron chi connectivity index (χ1n) is 3.28. The van der Waals surface area contributed by atoms with Crippen LogP contribution >= 0.6 is 0 Å². The molecule has 0 bridgehead atoms. The van der Waals surface area contributed by atoms with Crippen LogP contribution in [0.2, 0.25) is 0 Å². The molecule has 1 radical (unpaired) electrons. The molecule has 1 heterocycles. The van der Waals surface area contributed by atoms with Crippen molar-refractivity contribution in [1.29, 1.82) is 0 Å². The van der Waals surface area contributed by atoms with Gasteiger partial charge in [0.05, 0.1) is 6.20 Å². The van der Waals surface area contributed by atoms with Crippen LogP contribution in [0.25, 0.3) is 0 Å². The Kier molecular flexibility index (Phi) is 1.55. The molecule has 0 aliphatic heterocycles. The summed E-state index contributed by atoms with van der Waals surface area (Å²) in [7, 11) is 0. The molecular weight excluding hydrogens is 126 g/mol. The topological polar surface area (TPSA) is 26.0 Å². The van der Waals surface area contributed by atoms with Crippen molar-refractivity contribution in [1.82, 2.24) is 4.98 Å². The van der Waals surface area contributed by atoms with Crippen LogP contribution in [-0.4, -0.2) is 4.98 Å². The van der Waals surface area contributed by atoms with Gasteiger partial charge in [0.25, 0.3) is 0 Å². The SMILES string of the molecule is [CH2]c1ncc(C(C)(C)C)o1. The second-order valence-corrected chi connectivity index (χ2v) is 3.37. The molecule has 0 N–H and O–H groups in total. The zero-order valence-electron chi connectivity index (χ0n) is 6.64. The molecule has 2 nitrogen and oxygen atoms in total. The van der Waals surface area contributed by atoms with Gasteiger partial charge in [0.2, 0.25) is 0 Å². The molecule has 10 heavy (non-hydrogen) atoms. The second-order valence-electron chi connectivity index (χ2n) is 3.37. The van der Waals surface area contributed by atoms with Crippen LogP contribution in [0.4, 0.5) is 0 Å². The van der Waals surface area contributed by atoms with E-state index >= 15 is 0 Å². The van der Waals surface area contributed by atoms with E-state index in [1.807, 2.05) is 0 Å². The van der Waals surface area contributed by atoms with Gasteiger partial charge in [-0.25, -0.2) is 4.98 Å². The first kappa shape index (κ1) is 7.32. The van der Waals surface area contributed by atoms with Gasteiger partial charge in [0.15, 0.2) is 5.89 Å². The second kappa shape index (κ2) is 2.11. The van der Waals surface area contributed by atoms with E-state index in [1.54, 1.807) is 6.20 Å². The highest BCUT2D eigenvalue weighted by Crippen LogP contribution is 2.21. The summed E-state index contributed by atoms with van der Waals surface area (Å²) >= 11 is 0. The van der Waals surface area contributed by atoms with Gasteiger partial charge in [0, 0.05) is 12.3 Å². The molecule has 0 aromatic carbocycles. The minimum atomic E-state index is 0.0446. The molecule has 0 aliphatic rings. The Hall–Kier alpha value is -0.790. The van der Waals surface area contributed by atoms with Gasteiger partial charge in [-0.3, -0.25) is 0 Å². The molecule has 0 unspecified atom stereocenters. The van der Waals surface area contributed by atoms with Crippen LogP contribution in [0.15, 0.2) is 10.6 Å². The number of rotatable bonds is 0. The summed E-state index contributed by atoms with van der Waals surface area (Å²) in [5.74, 6) is 1.38. The Balaban J connectivity index is 2.96. The predicted molar refractivity (Wildman–Crippen MR) is 39.7 cm³/mol. The monoisotopic (exact) mass is 138 g/mol. The van der Waals surface area contributed by atoms with Crippen LogP contribution < -0.4 is 0 Å². The third-order valence-electron chi connectivity index (χ3n) is 1.29. The van der Waals surface area contributed by atoms with Crippen molar-refractivity contribution >= 4 is 0 Å². The van der Waals surface area contributed by atoms with Crippen molar-refractivity contribution in [2.24, 2.45) is 0 Å². The van der Waals surface area contributed by atoms with Crippen molar-refractivity contribution in [3.8, 4) is 0 Å². The summed E-state index contributed by atoms with van der Waals surface area (Å²) in [6.07, 6.45) is 1.72. The van der Waals surface area contributed by atoms with E-state index in [2.05, 4.69) is 32.7 Å². The maximum Gasteiger partial charge on any atom is 0.194 e. The number of nitrogens with zero attached hydrogens (tertiary/aromatic N) is 1. The van der Waals surface area contributed by atoms with E-state index in [-0.39, 0.29) is 5.41 Å². The Bertz CT molecular complexity index is 219. The van der Waals surface area contributed by atoms with Crippen LogP contribution in [0, 0.1) is 6.92 Å². The third-order valence-corrected chi connectivity index (χ3v) is 1.29. The molecule has 55 valence electrons. The lowest BCUT2D eigenvalue weighted by molar-refractivity contribution is 0.399. The van der Waals surface area contributed by atoms with E-state index in [0.29, 0.717) is 5.89 Å². The molecule has 0 saturated carbocycles. The number of oxazole rings is 1. The first-order valence-corrected chi connectivity index (χ1v) is 3.28. The van der Waals surface area contributed by atoms with Gasteiger partial charge in [-0.05, 0) is 0 Å². The van der Waals surface area contributed by atoms with Crippen molar-refractivity contribution in [3.63, 3.8) is 0 Å². The summed E-state index contributed by atoms with van der Waals surface area (Å²) < 4.78 is 5.23. The summed E-state index contributed by atoms with van der Waals surface area (Å²) in [6, 6.07) is 0. The molecule has 0 atom stereocenters. The quantitative estimate of drug-likeness (QED) is 0.549. The van der Waals surface area contributed by atoms with Crippen LogP contribution in [0.1, 0.15) is 32.4 Å². The Morgan fingerprint density at radius 2 is 2.10 bits per heavy atom. The zero-order valence-corrected chi connectivity index (χ0v) is 6.64. The zero-order chi connectivity index (χ0) is 7.78. The van der Waals surface area contributed by atoms with E-state index in [4.69, 9.17) is 4.42 Å². The summed E-state index contributed by atoms with van der Waals surface area (Å²) in [4.78, 5) is 3.91. The van der Waals surface area contributed by atoms with Gasteiger partial charge in [-0.1, -0.05) is 20.8 Å².